The molecule has 0 aliphatic heterocycles. The Morgan fingerprint density at radius 1 is 1.03 bits per heavy atom. The van der Waals surface area contributed by atoms with Crippen LogP contribution in [0.15, 0.2) is 82.7 Å². The normalized spacial score (nSPS) is 10.8. The van der Waals surface area contributed by atoms with Crippen LogP contribution in [0.2, 0.25) is 0 Å². The number of carbonyl (C=O) groups excluding carboxylic acids is 2. The molecule has 0 saturated heterocycles. The summed E-state index contributed by atoms with van der Waals surface area (Å²) < 4.78 is 6.63. The number of para-hydroxylation sites is 1. The summed E-state index contributed by atoms with van der Waals surface area (Å²) in [6, 6.07) is 21.5. The maximum atomic E-state index is 13.2. The molecule has 0 saturated carbocycles. The number of methoxy groups -OCH3 is 1. The number of thioether (sulfide) groups is 1. The number of ketones is 1. The highest BCUT2D eigenvalue weighted by molar-refractivity contribution is 7.98. The predicted molar refractivity (Wildman–Crippen MR) is 133 cm³/mol. The number of aromatic nitrogens is 2. The van der Waals surface area contributed by atoms with Gasteiger partial charge in [-0.05, 0) is 42.8 Å². The fourth-order valence-corrected chi connectivity index (χ4v) is 4.44. The van der Waals surface area contributed by atoms with Crippen LogP contribution in [0.1, 0.15) is 28.4 Å². The van der Waals surface area contributed by atoms with Gasteiger partial charge in [0.1, 0.15) is 5.75 Å². The van der Waals surface area contributed by atoms with Gasteiger partial charge in [-0.25, -0.2) is 4.98 Å². The second kappa shape index (κ2) is 10.4. The van der Waals surface area contributed by atoms with Gasteiger partial charge in [0.25, 0.3) is 5.56 Å². The molecule has 0 radical (unpaired) electrons. The van der Waals surface area contributed by atoms with Crippen molar-refractivity contribution >= 4 is 34.4 Å². The standard InChI is InChI=1S/C26H23N3O4S/c1-17(30)19-12-13-23(33-2)20(15-19)16-34-26-27-22-11-7-6-10-21(22)25(32)29(26)28-24(31)14-18-8-4-3-5-9-18/h3-13,15H,14,16H2,1-2H3,(H,28,31). The molecule has 0 aliphatic rings. The van der Waals surface area contributed by atoms with Gasteiger partial charge in [-0.3, -0.25) is 19.8 Å². The van der Waals surface area contributed by atoms with Gasteiger partial charge in [0.15, 0.2) is 10.9 Å². The first kappa shape index (κ1) is 23.3. The second-order valence-electron chi connectivity index (χ2n) is 7.62. The van der Waals surface area contributed by atoms with Crippen molar-refractivity contribution in [2.24, 2.45) is 0 Å². The minimum absolute atomic E-state index is 0.0529. The molecule has 0 aliphatic carbocycles. The first-order valence-electron chi connectivity index (χ1n) is 10.6. The van der Waals surface area contributed by atoms with Crippen LogP contribution >= 0.6 is 11.8 Å². The maximum absolute atomic E-state index is 13.2. The molecule has 1 aromatic heterocycles. The number of ether oxygens (including phenoxy) is 1. The molecule has 34 heavy (non-hydrogen) atoms. The average Bonchev–Trinajstić information content (AvgIpc) is 2.85. The van der Waals surface area contributed by atoms with E-state index in [4.69, 9.17) is 4.74 Å². The van der Waals surface area contributed by atoms with Crippen molar-refractivity contribution in [1.29, 1.82) is 0 Å². The molecule has 0 unspecified atom stereocenters. The van der Waals surface area contributed by atoms with Crippen molar-refractivity contribution < 1.29 is 14.3 Å². The first-order valence-corrected chi connectivity index (χ1v) is 11.6. The van der Waals surface area contributed by atoms with Crippen LogP contribution in [0.4, 0.5) is 0 Å². The molecule has 0 atom stereocenters. The Labute approximate surface area is 200 Å². The fourth-order valence-electron chi connectivity index (χ4n) is 3.51. The van der Waals surface area contributed by atoms with E-state index in [1.807, 2.05) is 30.3 Å². The minimum atomic E-state index is -0.362. The molecule has 8 heteroatoms. The number of amides is 1. The minimum Gasteiger partial charge on any atom is -0.496 e. The number of nitrogens with zero attached hydrogens (tertiary/aromatic N) is 2. The maximum Gasteiger partial charge on any atom is 0.281 e. The number of carbonyl (C=O) groups is 2. The fraction of sp³-hybridized carbons (Fsp3) is 0.154. The summed E-state index contributed by atoms with van der Waals surface area (Å²) in [7, 11) is 1.56. The Kier molecular flexibility index (Phi) is 7.08. The summed E-state index contributed by atoms with van der Waals surface area (Å²) >= 11 is 1.27. The van der Waals surface area contributed by atoms with Gasteiger partial charge >= 0.3 is 0 Å². The van der Waals surface area contributed by atoms with E-state index in [0.29, 0.717) is 33.1 Å². The van der Waals surface area contributed by atoms with Crippen LogP contribution in [0.25, 0.3) is 10.9 Å². The Morgan fingerprint density at radius 3 is 2.50 bits per heavy atom. The molecular weight excluding hydrogens is 450 g/mol. The van der Waals surface area contributed by atoms with Crippen LogP contribution < -0.4 is 15.7 Å². The van der Waals surface area contributed by atoms with E-state index in [0.717, 1.165) is 11.1 Å². The quantitative estimate of drug-likeness (QED) is 0.234. The van der Waals surface area contributed by atoms with E-state index in [1.54, 1.807) is 49.6 Å². The zero-order chi connectivity index (χ0) is 24.1. The lowest BCUT2D eigenvalue weighted by Gasteiger charge is -2.15. The molecule has 3 aromatic carbocycles. The molecule has 1 heterocycles. The molecule has 1 N–H and O–H groups in total. The Hall–Kier alpha value is -3.91. The van der Waals surface area contributed by atoms with E-state index >= 15 is 0 Å². The van der Waals surface area contributed by atoms with Crippen LogP contribution in [-0.2, 0) is 17.0 Å². The number of Topliss-reactive ketones (excluding diaryl/α,β-unsaturated/α-hetero) is 1. The summed E-state index contributed by atoms with van der Waals surface area (Å²) in [4.78, 5) is 42.5. The van der Waals surface area contributed by atoms with E-state index < -0.39 is 0 Å². The van der Waals surface area contributed by atoms with Crippen molar-refractivity contribution in [3.05, 3.63) is 99.8 Å². The van der Waals surface area contributed by atoms with Crippen LogP contribution in [0, 0.1) is 0 Å². The third-order valence-corrected chi connectivity index (χ3v) is 6.22. The summed E-state index contributed by atoms with van der Waals surface area (Å²) in [5, 5.41) is 0.739. The molecule has 0 fully saturated rings. The predicted octanol–water partition coefficient (Wildman–Crippen LogP) is 4.21. The SMILES string of the molecule is COc1ccc(C(C)=O)cc1CSc1nc2ccccc2c(=O)n1NC(=O)Cc1ccccc1. The van der Waals surface area contributed by atoms with Crippen LogP contribution in [0.3, 0.4) is 0 Å². The van der Waals surface area contributed by atoms with E-state index in [-0.39, 0.29) is 23.7 Å². The van der Waals surface area contributed by atoms with E-state index in [9.17, 15) is 14.4 Å². The monoisotopic (exact) mass is 473 g/mol. The lowest BCUT2D eigenvalue weighted by Crippen LogP contribution is -2.35. The summed E-state index contributed by atoms with van der Waals surface area (Å²) in [6.45, 7) is 1.50. The second-order valence-corrected chi connectivity index (χ2v) is 8.56. The zero-order valence-corrected chi connectivity index (χ0v) is 19.6. The van der Waals surface area contributed by atoms with Crippen molar-refractivity contribution in [2.45, 2.75) is 24.3 Å². The summed E-state index contributed by atoms with van der Waals surface area (Å²) in [6.07, 6.45) is 0.124. The molecule has 4 aromatic rings. The Bertz CT molecular complexity index is 1420. The van der Waals surface area contributed by atoms with Gasteiger partial charge < -0.3 is 4.74 Å². The number of rotatable bonds is 8. The van der Waals surface area contributed by atoms with Crippen molar-refractivity contribution in [1.82, 2.24) is 9.66 Å². The largest absolute Gasteiger partial charge is 0.496 e. The smallest absolute Gasteiger partial charge is 0.281 e. The third kappa shape index (κ3) is 5.18. The van der Waals surface area contributed by atoms with Crippen LogP contribution in [-0.4, -0.2) is 28.5 Å². The molecule has 0 bridgehead atoms. The van der Waals surface area contributed by atoms with Gasteiger partial charge in [0.05, 0.1) is 24.4 Å². The summed E-state index contributed by atoms with van der Waals surface area (Å²) in [5.74, 6) is 0.621. The summed E-state index contributed by atoms with van der Waals surface area (Å²) in [5.41, 5.74) is 5.07. The van der Waals surface area contributed by atoms with Gasteiger partial charge in [-0.1, -0.05) is 54.2 Å². The van der Waals surface area contributed by atoms with Gasteiger partial charge in [-0.2, -0.15) is 4.68 Å². The third-order valence-electron chi connectivity index (χ3n) is 5.23. The van der Waals surface area contributed by atoms with E-state index in [2.05, 4.69) is 10.4 Å². The van der Waals surface area contributed by atoms with Crippen molar-refractivity contribution in [2.75, 3.05) is 12.5 Å². The molecule has 172 valence electrons. The lowest BCUT2D eigenvalue weighted by molar-refractivity contribution is -0.116. The Balaban J connectivity index is 1.68. The Morgan fingerprint density at radius 2 is 1.76 bits per heavy atom. The topological polar surface area (TPSA) is 90.3 Å². The first-order chi connectivity index (χ1) is 16.5. The molecule has 7 nitrogen and oxygen atoms in total. The highest BCUT2D eigenvalue weighted by atomic mass is 32.2. The highest BCUT2D eigenvalue weighted by Gasteiger charge is 2.16. The number of hydrogen-bond acceptors (Lipinski definition) is 6. The van der Waals surface area contributed by atoms with Gasteiger partial charge in [-0.15, -0.1) is 0 Å². The molecule has 1 amide bonds. The van der Waals surface area contributed by atoms with Crippen molar-refractivity contribution in [3.63, 3.8) is 0 Å². The van der Waals surface area contributed by atoms with Gasteiger partial charge in [0.2, 0.25) is 5.91 Å². The molecular formula is C26H23N3O4S. The van der Waals surface area contributed by atoms with Crippen molar-refractivity contribution in [3.8, 4) is 5.75 Å². The highest BCUT2D eigenvalue weighted by Crippen LogP contribution is 2.28. The number of fused-ring (bicyclic) bond motifs is 1. The van der Waals surface area contributed by atoms with Crippen LogP contribution in [0.5, 0.6) is 5.75 Å². The van der Waals surface area contributed by atoms with Gasteiger partial charge in [0, 0.05) is 16.9 Å². The van der Waals surface area contributed by atoms with E-state index in [1.165, 1.54) is 23.4 Å². The molecule has 0 spiro atoms. The zero-order valence-electron chi connectivity index (χ0n) is 18.8. The number of benzene rings is 3. The number of hydrogen-bond donors (Lipinski definition) is 1. The number of nitrogens with one attached hydrogen (secondary N) is 1. The molecule has 4 rings (SSSR count). The lowest BCUT2D eigenvalue weighted by atomic mass is 10.1. The average molecular weight is 474 g/mol.